The Kier molecular flexibility index (Phi) is 5.98. The molecule has 0 aromatic rings. The number of rotatable bonds is 3. The van der Waals surface area contributed by atoms with Gasteiger partial charge in [-0.15, -0.1) is 0 Å². The molecule has 0 aromatic heterocycles. The van der Waals surface area contributed by atoms with Crippen LogP contribution < -0.4 is 5.32 Å². The van der Waals surface area contributed by atoms with E-state index < -0.39 is 0 Å². The van der Waals surface area contributed by atoms with Gasteiger partial charge in [0.05, 0.1) is 0 Å². The maximum absolute atomic E-state index is 12.2. The number of carbonyl (C=O) groups excluding carboxylic acids is 1. The summed E-state index contributed by atoms with van der Waals surface area (Å²) in [7, 11) is 0. The molecular formula is C15H27N2O. The van der Waals surface area contributed by atoms with Gasteiger partial charge in [-0.2, -0.15) is 0 Å². The highest BCUT2D eigenvalue weighted by molar-refractivity contribution is 5.76. The topological polar surface area (TPSA) is 34.4 Å². The van der Waals surface area contributed by atoms with Crippen LogP contribution in [0.25, 0.3) is 0 Å². The van der Waals surface area contributed by atoms with E-state index in [1.807, 2.05) is 0 Å². The van der Waals surface area contributed by atoms with Crippen LogP contribution in [0.2, 0.25) is 0 Å². The molecule has 1 radical (unpaired) electrons. The Balaban J connectivity index is 1.68. The number of amides is 1. The largest absolute Gasteiger partial charge is 0.343 e. The zero-order valence-electron chi connectivity index (χ0n) is 11.6. The summed E-state index contributed by atoms with van der Waals surface area (Å²) in [5.74, 6) is 1.07. The molecule has 0 aliphatic carbocycles. The molecule has 0 bridgehead atoms. The molecule has 1 amide bonds. The van der Waals surface area contributed by atoms with Crippen LogP contribution in [-0.4, -0.2) is 37.0 Å². The van der Waals surface area contributed by atoms with Gasteiger partial charge in [-0.3, -0.25) is 4.79 Å². The molecule has 0 spiro atoms. The van der Waals surface area contributed by atoms with Gasteiger partial charge in [0.2, 0.25) is 5.91 Å². The minimum absolute atomic E-state index is 0.391. The van der Waals surface area contributed by atoms with Crippen molar-refractivity contribution < 1.29 is 4.79 Å². The Labute approximate surface area is 111 Å². The molecule has 0 aromatic carbocycles. The molecule has 3 nitrogen and oxygen atoms in total. The van der Waals surface area contributed by atoms with Crippen molar-refractivity contribution in [2.75, 3.05) is 26.2 Å². The highest BCUT2D eigenvalue weighted by Crippen LogP contribution is 2.18. The molecule has 2 aliphatic heterocycles. The molecule has 2 aliphatic rings. The Morgan fingerprint density at radius 3 is 2.44 bits per heavy atom. The van der Waals surface area contributed by atoms with Crippen molar-refractivity contribution in [3.05, 3.63) is 0 Å². The summed E-state index contributed by atoms with van der Waals surface area (Å²) in [4.78, 5) is 14.3. The monoisotopic (exact) mass is 251 g/mol. The molecule has 2 fully saturated rings. The van der Waals surface area contributed by atoms with Crippen LogP contribution in [0.1, 0.15) is 57.8 Å². The molecule has 2 rings (SSSR count). The van der Waals surface area contributed by atoms with Crippen LogP contribution in [0.5, 0.6) is 0 Å². The number of nitrogens with zero attached hydrogens (tertiary/aromatic N) is 2. The lowest BCUT2D eigenvalue weighted by molar-refractivity contribution is -0.131. The van der Waals surface area contributed by atoms with E-state index in [1.165, 1.54) is 44.9 Å². The van der Waals surface area contributed by atoms with Gasteiger partial charge in [0.15, 0.2) is 0 Å². The number of hydrogen-bond donors (Lipinski definition) is 0. The van der Waals surface area contributed by atoms with Crippen molar-refractivity contribution in [3.63, 3.8) is 0 Å². The maximum Gasteiger partial charge on any atom is 0.222 e. The van der Waals surface area contributed by atoms with E-state index >= 15 is 0 Å². The van der Waals surface area contributed by atoms with Crippen LogP contribution in [0, 0.1) is 5.92 Å². The van der Waals surface area contributed by atoms with Gasteiger partial charge in [-0.05, 0) is 38.0 Å². The lowest BCUT2D eigenvalue weighted by Gasteiger charge is -2.26. The molecule has 3 heteroatoms. The maximum atomic E-state index is 12.2. The van der Waals surface area contributed by atoms with Crippen LogP contribution in [0.3, 0.4) is 0 Å². The summed E-state index contributed by atoms with van der Waals surface area (Å²) in [5.41, 5.74) is 0. The molecular weight excluding hydrogens is 224 g/mol. The highest BCUT2D eigenvalue weighted by atomic mass is 16.2. The minimum atomic E-state index is 0.391. The molecule has 1 atom stereocenters. The summed E-state index contributed by atoms with van der Waals surface area (Å²) in [6, 6.07) is 0. The van der Waals surface area contributed by atoms with Gasteiger partial charge in [-0.1, -0.05) is 19.3 Å². The summed E-state index contributed by atoms with van der Waals surface area (Å²) < 4.78 is 0. The van der Waals surface area contributed by atoms with E-state index in [9.17, 15) is 4.79 Å². The molecule has 1 unspecified atom stereocenters. The zero-order valence-corrected chi connectivity index (χ0v) is 11.6. The molecule has 0 N–H and O–H groups in total. The van der Waals surface area contributed by atoms with Crippen LogP contribution in [0.4, 0.5) is 0 Å². The number of likely N-dealkylation sites (tertiary alicyclic amines) is 1. The predicted octanol–water partition coefficient (Wildman–Crippen LogP) is 2.57. The van der Waals surface area contributed by atoms with Gasteiger partial charge in [0.1, 0.15) is 0 Å². The van der Waals surface area contributed by atoms with E-state index in [0.29, 0.717) is 11.8 Å². The fourth-order valence-corrected chi connectivity index (χ4v) is 3.08. The van der Waals surface area contributed by atoms with Crippen molar-refractivity contribution >= 4 is 5.91 Å². The second-order valence-electron chi connectivity index (χ2n) is 5.83. The number of piperidine rings is 1. The zero-order chi connectivity index (χ0) is 12.6. The van der Waals surface area contributed by atoms with E-state index in [-0.39, 0.29) is 0 Å². The third kappa shape index (κ3) is 4.60. The third-order valence-corrected chi connectivity index (χ3v) is 4.29. The summed E-state index contributed by atoms with van der Waals surface area (Å²) in [5, 5.41) is 4.45. The SMILES string of the molecule is O=C(CCC1CCC[N]C1)N1CCCCCCC1. The quantitative estimate of drug-likeness (QED) is 0.759. The van der Waals surface area contributed by atoms with Gasteiger partial charge < -0.3 is 4.90 Å². The van der Waals surface area contributed by atoms with Gasteiger partial charge in [0, 0.05) is 32.6 Å². The first-order valence-corrected chi connectivity index (χ1v) is 7.77. The first kappa shape index (κ1) is 13.9. The van der Waals surface area contributed by atoms with Crippen LogP contribution in [-0.2, 0) is 4.79 Å². The Bertz CT molecular complexity index is 241. The highest BCUT2D eigenvalue weighted by Gasteiger charge is 2.18. The second-order valence-corrected chi connectivity index (χ2v) is 5.83. The smallest absolute Gasteiger partial charge is 0.222 e. The van der Waals surface area contributed by atoms with Crippen molar-refractivity contribution in [1.82, 2.24) is 10.2 Å². The van der Waals surface area contributed by atoms with Crippen molar-refractivity contribution in [2.45, 2.75) is 57.8 Å². The van der Waals surface area contributed by atoms with E-state index in [2.05, 4.69) is 10.2 Å². The summed E-state index contributed by atoms with van der Waals surface area (Å²) >= 11 is 0. The Hall–Kier alpha value is -0.570. The predicted molar refractivity (Wildman–Crippen MR) is 73.5 cm³/mol. The first-order chi connectivity index (χ1) is 8.86. The minimum Gasteiger partial charge on any atom is -0.343 e. The van der Waals surface area contributed by atoms with Gasteiger partial charge >= 0.3 is 0 Å². The fourth-order valence-electron chi connectivity index (χ4n) is 3.08. The first-order valence-electron chi connectivity index (χ1n) is 7.77. The fraction of sp³-hybridized carbons (Fsp3) is 0.933. The number of hydrogen-bond acceptors (Lipinski definition) is 1. The van der Waals surface area contributed by atoms with Gasteiger partial charge in [-0.25, -0.2) is 5.32 Å². The lowest BCUT2D eigenvalue weighted by Crippen LogP contribution is -2.34. The summed E-state index contributed by atoms with van der Waals surface area (Å²) in [6.45, 7) is 4.02. The molecule has 103 valence electrons. The standard InChI is InChI=1S/C15H27N2O/c18-15(9-8-14-7-6-10-16-13-14)17-11-4-2-1-3-5-12-17/h14H,1-13H2. The van der Waals surface area contributed by atoms with E-state index in [0.717, 1.165) is 39.0 Å². The molecule has 0 saturated carbocycles. The van der Waals surface area contributed by atoms with E-state index in [4.69, 9.17) is 0 Å². The Morgan fingerprint density at radius 2 is 1.78 bits per heavy atom. The average Bonchev–Trinajstić information content (AvgIpc) is 2.37. The number of carbonyl (C=O) groups is 1. The average molecular weight is 251 g/mol. The van der Waals surface area contributed by atoms with Crippen LogP contribution in [0.15, 0.2) is 0 Å². The lowest BCUT2D eigenvalue weighted by atomic mass is 9.94. The normalized spacial score (nSPS) is 26.4. The van der Waals surface area contributed by atoms with Crippen molar-refractivity contribution in [3.8, 4) is 0 Å². The second kappa shape index (κ2) is 7.78. The third-order valence-electron chi connectivity index (χ3n) is 4.29. The molecule has 2 heterocycles. The van der Waals surface area contributed by atoms with Crippen molar-refractivity contribution in [2.24, 2.45) is 5.92 Å². The van der Waals surface area contributed by atoms with Gasteiger partial charge in [0.25, 0.3) is 0 Å². The molecule has 2 saturated heterocycles. The van der Waals surface area contributed by atoms with Crippen molar-refractivity contribution in [1.29, 1.82) is 0 Å². The Morgan fingerprint density at radius 1 is 1.06 bits per heavy atom. The molecule has 18 heavy (non-hydrogen) atoms. The van der Waals surface area contributed by atoms with E-state index in [1.54, 1.807) is 0 Å². The summed E-state index contributed by atoms with van der Waals surface area (Å²) in [6.07, 6.45) is 10.6. The van der Waals surface area contributed by atoms with Crippen LogP contribution >= 0.6 is 0 Å².